The second kappa shape index (κ2) is 4.18. The molecule has 16 heavy (non-hydrogen) atoms. The highest BCUT2D eigenvalue weighted by Gasteiger charge is 2.03. The third kappa shape index (κ3) is 2.11. The monoisotopic (exact) mass is 217 g/mol. The van der Waals surface area contributed by atoms with E-state index >= 15 is 0 Å². The number of aromatic nitrogens is 1. The van der Waals surface area contributed by atoms with E-state index in [0.717, 1.165) is 10.9 Å². The van der Waals surface area contributed by atoms with Crippen LogP contribution in [0.1, 0.15) is 12.0 Å². The fourth-order valence-electron chi connectivity index (χ4n) is 1.58. The van der Waals surface area contributed by atoms with Gasteiger partial charge < -0.3 is 10.2 Å². The summed E-state index contributed by atoms with van der Waals surface area (Å²) in [5, 5.41) is 18.9. The van der Waals surface area contributed by atoms with Crippen LogP contribution in [0.25, 0.3) is 10.9 Å². The predicted octanol–water partition coefficient (Wildman–Crippen LogP) is 1.96. The van der Waals surface area contributed by atoms with Crippen LogP contribution in [0.15, 0.2) is 30.5 Å². The Morgan fingerprint density at radius 1 is 1.38 bits per heavy atom. The number of pyridine rings is 1. The summed E-state index contributed by atoms with van der Waals surface area (Å²) >= 11 is 0. The average molecular weight is 217 g/mol. The number of hydrogen-bond donors (Lipinski definition) is 2. The molecule has 2 N–H and O–H groups in total. The molecule has 0 aliphatic heterocycles. The van der Waals surface area contributed by atoms with Crippen LogP contribution < -0.4 is 0 Å². The molecule has 0 unspecified atom stereocenters. The number of phenols is 1. The van der Waals surface area contributed by atoms with Gasteiger partial charge in [-0.25, -0.2) is 0 Å². The second-order valence-corrected chi connectivity index (χ2v) is 3.59. The Morgan fingerprint density at radius 3 is 2.94 bits per heavy atom. The molecular formula is C12H11NO3. The van der Waals surface area contributed by atoms with E-state index < -0.39 is 5.97 Å². The Labute approximate surface area is 92.2 Å². The van der Waals surface area contributed by atoms with Crippen molar-refractivity contribution in [3.8, 4) is 5.75 Å². The average Bonchev–Trinajstić information content (AvgIpc) is 2.26. The molecule has 0 aliphatic rings. The molecule has 0 saturated carbocycles. The lowest BCUT2D eigenvalue weighted by Gasteiger charge is -2.02. The lowest BCUT2D eigenvalue weighted by atomic mass is 10.1. The van der Waals surface area contributed by atoms with E-state index in [2.05, 4.69) is 4.98 Å². The summed E-state index contributed by atoms with van der Waals surface area (Å²) in [5.74, 6) is -0.682. The maximum Gasteiger partial charge on any atom is 0.303 e. The number of nitrogens with zero attached hydrogens (tertiary/aromatic N) is 1. The molecule has 0 fully saturated rings. The molecule has 4 nitrogen and oxygen atoms in total. The van der Waals surface area contributed by atoms with E-state index in [4.69, 9.17) is 5.11 Å². The van der Waals surface area contributed by atoms with Gasteiger partial charge in [-0.1, -0.05) is 12.1 Å². The van der Waals surface area contributed by atoms with E-state index in [1.165, 1.54) is 0 Å². The van der Waals surface area contributed by atoms with E-state index in [-0.39, 0.29) is 12.2 Å². The van der Waals surface area contributed by atoms with Gasteiger partial charge in [0.1, 0.15) is 11.3 Å². The van der Waals surface area contributed by atoms with Gasteiger partial charge in [-0.05, 0) is 24.1 Å². The first-order valence-electron chi connectivity index (χ1n) is 4.95. The number of carboxylic acids is 1. The molecule has 0 amide bonds. The number of hydrogen-bond acceptors (Lipinski definition) is 3. The highest BCUT2D eigenvalue weighted by atomic mass is 16.4. The van der Waals surface area contributed by atoms with Crippen molar-refractivity contribution in [3.05, 3.63) is 36.0 Å². The van der Waals surface area contributed by atoms with Crippen LogP contribution in [0.5, 0.6) is 5.75 Å². The SMILES string of the molecule is O=C(O)CCc1cnc2c(O)cccc2c1. The summed E-state index contributed by atoms with van der Waals surface area (Å²) < 4.78 is 0. The molecule has 1 aromatic heterocycles. The number of benzene rings is 1. The number of aromatic hydroxyl groups is 1. The van der Waals surface area contributed by atoms with Gasteiger partial charge >= 0.3 is 5.97 Å². The minimum atomic E-state index is -0.823. The van der Waals surface area contributed by atoms with Crippen molar-refractivity contribution in [2.24, 2.45) is 0 Å². The Hall–Kier alpha value is -2.10. The summed E-state index contributed by atoms with van der Waals surface area (Å²) in [6.07, 6.45) is 2.14. The maximum atomic E-state index is 10.4. The Kier molecular flexibility index (Phi) is 2.72. The zero-order valence-electron chi connectivity index (χ0n) is 8.55. The van der Waals surface area contributed by atoms with E-state index in [0.29, 0.717) is 11.9 Å². The second-order valence-electron chi connectivity index (χ2n) is 3.59. The van der Waals surface area contributed by atoms with Crippen molar-refractivity contribution >= 4 is 16.9 Å². The Balaban J connectivity index is 2.33. The van der Waals surface area contributed by atoms with Crippen molar-refractivity contribution in [2.75, 3.05) is 0 Å². The fraction of sp³-hybridized carbons (Fsp3) is 0.167. The molecule has 0 atom stereocenters. The number of para-hydroxylation sites is 1. The largest absolute Gasteiger partial charge is 0.506 e. The molecule has 82 valence electrons. The molecule has 0 aliphatic carbocycles. The minimum absolute atomic E-state index is 0.0893. The van der Waals surface area contributed by atoms with Gasteiger partial charge in [-0.2, -0.15) is 0 Å². The first-order valence-corrected chi connectivity index (χ1v) is 4.95. The molecule has 0 bridgehead atoms. The summed E-state index contributed by atoms with van der Waals surface area (Å²) in [6, 6.07) is 7.00. The van der Waals surface area contributed by atoms with E-state index in [9.17, 15) is 9.90 Å². The molecule has 1 aromatic carbocycles. The number of aryl methyl sites for hydroxylation is 1. The van der Waals surface area contributed by atoms with Gasteiger partial charge in [0.25, 0.3) is 0 Å². The van der Waals surface area contributed by atoms with Crippen LogP contribution in [0.4, 0.5) is 0 Å². The van der Waals surface area contributed by atoms with Gasteiger partial charge in [-0.3, -0.25) is 9.78 Å². The predicted molar refractivity (Wildman–Crippen MR) is 59.4 cm³/mol. The summed E-state index contributed by atoms with van der Waals surface area (Å²) in [7, 11) is 0. The van der Waals surface area contributed by atoms with E-state index in [1.807, 2.05) is 12.1 Å². The van der Waals surface area contributed by atoms with E-state index in [1.54, 1.807) is 18.3 Å². The number of rotatable bonds is 3. The van der Waals surface area contributed by atoms with Crippen LogP contribution >= 0.6 is 0 Å². The van der Waals surface area contributed by atoms with Crippen LogP contribution in [0.2, 0.25) is 0 Å². The first kappa shape index (κ1) is 10.4. The Morgan fingerprint density at radius 2 is 2.19 bits per heavy atom. The standard InChI is InChI=1S/C12H11NO3/c14-10-3-1-2-9-6-8(4-5-11(15)16)7-13-12(9)10/h1-3,6-7,14H,4-5H2,(H,15,16). The lowest BCUT2D eigenvalue weighted by molar-refractivity contribution is -0.136. The van der Waals surface area contributed by atoms with Gasteiger partial charge in [0.2, 0.25) is 0 Å². The lowest BCUT2D eigenvalue weighted by Crippen LogP contribution is -1.97. The van der Waals surface area contributed by atoms with Crippen molar-refractivity contribution < 1.29 is 15.0 Å². The molecule has 2 rings (SSSR count). The number of carboxylic acid groups (broad SMARTS) is 1. The summed E-state index contributed by atoms with van der Waals surface area (Å²) in [6.45, 7) is 0. The molecule has 4 heteroatoms. The summed E-state index contributed by atoms with van der Waals surface area (Å²) in [5.41, 5.74) is 1.40. The van der Waals surface area contributed by atoms with Crippen LogP contribution in [0.3, 0.4) is 0 Å². The molecule has 1 heterocycles. The molecule has 0 saturated heterocycles. The number of phenolic OH excluding ortho intramolecular Hbond substituents is 1. The number of fused-ring (bicyclic) bond motifs is 1. The first-order chi connectivity index (χ1) is 7.66. The normalized spacial score (nSPS) is 10.5. The molecular weight excluding hydrogens is 206 g/mol. The fourth-order valence-corrected chi connectivity index (χ4v) is 1.58. The smallest absolute Gasteiger partial charge is 0.303 e. The molecule has 0 radical (unpaired) electrons. The quantitative estimate of drug-likeness (QED) is 0.824. The number of carbonyl (C=O) groups is 1. The summed E-state index contributed by atoms with van der Waals surface area (Å²) in [4.78, 5) is 14.5. The molecule has 2 aromatic rings. The molecule has 0 spiro atoms. The van der Waals surface area contributed by atoms with Gasteiger partial charge in [-0.15, -0.1) is 0 Å². The topological polar surface area (TPSA) is 70.4 Å². The highest BCUT2D eigenvalue weighted by Crippen LogP contribution is 2.22. The third-order valence-electron chi connectivity index (χ3n) is 2.37. The highest BCUT2D eigenvalue weighted by molar-refractivity contribution is 5.84. The van der Waals surface area contributed by atoms with Crippen molar-refractivity contribution in [1.29, 1.82) is 0 Å². The van der Waals surface area contributed by atoms with Crippen LogP contribution in [-0.4, -0.2) is 21.2 Å². The minimum Gasteiger partial charge on any atom is -0.506 e. The maximum absolute atomic E-state index is 10.4. The van der Waals surface area contributed by atoms with Gasteiger partial charge in [0.05, 0.1) is 0 Å². The van der Waals surface area contributed by atoms with Crippen molar-refractivity contribution in [1.82, 2.24) is 4.98 Å². The van der Waals surface area contributed by atoms with Crippen LogP contribution in [-0.2, 0) is 11.2 Å². The van der Waals surface area contributed by atoms with Gasteiger partial charge in [0, 0.05) is 18.0 Å². The number of aliphatic carboxylic acids is 1. The zero-order chi connectivity index (χ0) is 11.5. The van der Waals surface area contributed by atoms with Gasteiger partial charge in [0.15, 0.2) is 0 Å². The Bertz CT molecular complexity index is 537. The van der Waals surface area contributed by atoms with Crippen molar-refractivity contribution in [2.45, 2.75) is 12.8 Å². The van der Waals surface area contributed by atoms with Crippen molar-refractivity contribution in [3.63, 3.8) is 0 Å². The zero-order valence-corrected chi connectivity index (χ0v) is 8.55. The van der Waals surface area contributed by atoms with Crippen LogP contribution in [0, 0.1) is 0 Å². The third-order valence-corrected chi connectivity index (χ3v) is 2.37.